The van der Waals surface area contributed by atoms with Crippen molar-refractivity contribution in [1.82, 2.24) is 10.6 Å². The second kappa shape index (κ2) is 11.9. The van der Waals surface area contributed by atoms with Gasteiger partial charge in [0.15, 0.2) is 5.96 Å². The fourth-order valence-corrected chi connectivity index (χ4v) is 1.86. The van der Waals surface area contributed by atoms with Crippen LogP contribution in [-0.2, 0) is 4.79 Å². The summed E-state index contributed by atoms with van der Waals surface area (Å²) in [6, 6.07) is 9.75. The summed E-state index contributed by atoms with van der Waals surface area (Å²) in [5.41, 5.74) is 7.99. The summed E-state index contributed by atoms with van der Waals surface area (Å²) < 4.78 is 0. The van der Waals surface area contributed by atoms with Gasteiger partial charge in [-0.25, -0.2) is 4.99 Å². The Hall–Kier alpha value is -2.56. The van der Waals surface area contributed by atoms with Crippen molar-refractivity contribution < 1.29 is 4.79 Å². The first kappa shape index (κ1) is 19.5. The fourth-order valence-electron chi connectivity index (χ4n) is 1.86. The number of rotatable bonds is 9. The van der Waals surface area contributed by atoms with Gasteiger partial charge in [-0.1, -0.05) is 42.0 Å². The van der Waals surface area contributed by atoms with Gasteiger partial charge in [-0.05, 0) is 38.3 Å². The first-order valence-electron chi connectivity index (χ1n) is 8.26. The van der Waals surface area contributed by atoms with Crippen LogP contribution in [0.15, 0.2) is 53.0 Å². The summed E-state index contributed by atoms with van der Waals surface area (Å²) >= 11 is 0. The van der Waals surface area contributed by atoms with Gasteiger partial charge >= 0.3 is 0 Å². The van der Waals surface area contributed by atoms with E-state index in [2.05, 4.69) is 15.6 Å². The highest BCUT2D eigenvalue weighted by molar-refractivity contribution is 5.91. The second-order valence-electron chi connectivity index (χ2n) is 5.68. The van der Waals surface area contributed by atoms with E-state index >= 15 is 0 Å². The Morgan fingerprint density at radius 2 is 1.79 bits per heavy atom. The lowest BCUT2D eigenvalue weighted by Crippen LogP contribution is -2.33. The topological polar surface area (TPSA) is 79.5 Å². The van der Waals surface area contributed by atoms with Crippen LogP contribution in [0.3, 0.4) is 0 Å². The van der Waals surface area contributed by atoms with Crippen molar-refractivity contribution in [1.29, 1.82) is 0 Å². The number of nitrogens with one attached hydrogen (secondary N) is 2. The molecule has 0 spiro atoms. The minimum Gasteiger partial charge on any atom is -0.370 e. The van der Waals surface area contributed by atoms with Crippen molar-refractivity contribution in [3.8, 4) is 0 Å². The summed E-state index contributed by atoms with van der Waals surface area (Å²) in [5.74, 6) is 0.386. The summed E-state index contributed by atoms with van der Waals surface area (Å²) in [4.78, 5) is 15.9. The Morgan fingerprint density at radius 1 is 1.12 bits per heavy atom. The van der Waals surface area contributed by atoms with Crippen molar-refractivity contribution in [2.75, 3.05) is 19.6 Å². The lowest BCUT2D eigenvalue weighted by molar-refractivity contribution is -0.116. The van der Waals surface area contributed by atoms with E-state index in [1.165, 1.54) is 5.57 Å². The second-order valence-corrected chi connectivity index (χ2v) is 5.68. The number of aliphatic imine (C=N–C) groups is 1. The smallest absolute Gasteiger partial charge is 0.243 e. The molecule has 4 N–H and O–H groups in total. The molecular weight excluding hydrogens is 300 g/mol. The number of carbonyl (C=O) groups excluding carboxylic acids is 1. The fraction of sp³-hybridized carbons (Fsp3) is 0.368. The number of nitrogens with two attached hydrogens (primary N) is 1. The SMILES string of the molecule is CC(C)=CCN=C(N)NCCCCNC(=O)/C=C/c1ccccc1. The number of unbranched alkanes of at least 4 members (excludes halogenated alkanes) is 1. The third kappa shape index (κ3) is 10.2. The summed E-state index contributed by atoms with van der Waals surface area (Å²) in [7, 11) is 0. The number of benzene rings is 1. The third-order valence-electron chi connectivity index (χ3n) is 3.20. The Kier molecular flexibility index (Phi) is 9.69. The maximum Gasteiger partial charge on any atom is 0.243 e. The average Bonchev–Trinajstić information content (AvgIpc) is 2.56. The molecule has 0 saturated carbocycles. The number of hydrogen-bond acceptors (Lipinski definition) is 2. The number of guanidine groups is 1. The zero-order valence-corrected chi connectivity index (χ0v) is 14.6. The van der Waals surface area contributed by atoms with Gasteiger partial charge in [0.1, 0.15) is 0 Å². The van der Waals surface area contributed by atoms with E-state index in [0.717, 1.165) is 24.9 Å². The molecule has 0 radical (unpaired) electrons. The molecule has 1 amide bonds. The molecule has 0 aromatic heterocycles. The lowest BCUT2D eigenvalue weighted by Gasteiger charge is -2.05. The summed E-state index contributed by atoms with van der Waals surface area (Å²) in [5, 5.41) is 5.93. The normalized spacial score (nSPS) is 11.3. The van der Waals surface area contributed by atoms with Crippen LogP contribution in [0.25, 0.3) is 6.08 Å². The highest BCUT2D eigenvalue weighted by Crippen LogP contribution is 2.00. The molecule has 0 saturated heterocycles. The molecule has 1 aromatic carbocycles. The lowest BCUT2D eigenvalue weighted by atomic mass is 10.2. The van der Waals surface area contributed by atoms with Crippen molar-refractivity contribution in [2.24, 2.45) is 10.7 Å². The molecule has 0 bridgehead atoms. The van der Waals surface area contributed by atoms with E-state index in [-0.39, 0.29) is 5.91 Å². The largest absolute Gasteiger partial charge is 0.370 e. The van der Waals surface area contributed by atoms with Crippen molar-refractivity contribution in [2.45, 2.75) is 26.7 Å². The van der Waals surface area contributed by atoms with Gasteiger partial charge in [-0.2, -0.15) is 0 Å². The standard InChI is InChI=1S/C19H28N4O/c1-16(2)12-15-23-19(20)22-14-7-6-13-21-18(24)11-10-17-8-4-3-5-9-17/h3-5,8-12H,6-7,13-15H2,1-2H3,(H,21,24)(H3,20,22,23)/b11-10+. The molecule has 5 heteroatoms. The van der Waals surface area contributed by atoms with Crippen LogP contribution >= 0.6 is 0 Å². The number of nitrogens with zero attached hydrogens (tertiary/aromatic N) is 1. The molecule has 0 unspecified atom stereocenters. The Bertz CT molecular complexity index is 572. The maximum atomic E-state index is 11.7. The Labute approximate surface area is 144 Å². The molecule has 0 heterocycles. The highest BCUT2D eigenvalue weighted by Gasteiger charge is 1.95. The molecule has 5 nitrogen and oxygen atoms in total. The first-order valence-corrected chi connectivity index (χ1v) is 8.26. The molecule has 0 atom stereocenters. The van der Waals surface area contributed by atoms with Crippen LogP contribution in [0, 0.1) is 0 Å². The predicted molar refractivity (Wildman–Crippen MR) is 102 cm³/mol. The zero-order valence-electron chi connectivity index (χ0n) is 14.6. The molecule has 130 valence electrons. The van der Waals surface area contributed by atoms with Crippen LogP contribution in [0.4, 0.5) is 0 Å². The molecular formula is C19H28N4O. The van der Waals surface area contributed by atoms with Gasteiger partial charge in [0.2, 0.25) is 5.91 Å². The average molecular weight is 328 g/mol. The van der Waals surface area contributed by atoms with Gasteiger partial charge in [0, 0.05) is 19.2 Å². The zero-order chi connectivity index (χ0) is 17.6. The van der Waals surface area contributed by atoms with Gasteiger partial charge in [0.25, 0.3) is 0 Å². The monoisotopic (exact) mass is 328 g/mol. The number of hydrogen-bond donors (Lipinski definition) is 3. The molecule has 1 rings (SSSR count). The molecule has 0 aliphatic rings. The highest BCUT2D eigenvalue weighted by atomic mass is 16.1. The molecule has 1 aromatic rings. The van der Waals surface area contributed by atoms with Crippen molar-refractivity contribution in [3.63, 3.8) is 0 Å². The third-order valence-corrected chi connectivity index (χ3v) is 3.20. The minimum absolute atomic E-state index is 0.0744. The van der Waals surface area contributed by atoms with Gasteiger partial charge in [0.05, 0.1) is 6.54 Å². The number of amides is 1. The molecule has 0 aliphatic carbocycles. The van der Waals surface area contributed by atoms with E-state index < -0.39 is 0 Å². The first-order chi connectivity index (χ1) is 11.6. The summed E-state index contributed by atoms with van der Waals surface area (Å²) in [6.07, 6.45) is 7.19. The van der Waals surface area contributed by atoms with E-state index in [9.17, 15) is 4.79 Å². The predicted octanol–water partition coefficient (Wildman–Crippen LogP) is 2.47. The number of carbonyl (C=O) groups is 1. The van der Waals surface area contributed by atoms with Crippen LogP contribution in [0.1, 0.15) is 32.3 Å². The Balaban J connectivity index is 2.08. The van der Waals surface area contributed by atoms with Crippen molar-refractivity contribution in [3.05, 3.63) is 53.6 Å². The van der Waals surface area contributed by atoms with Crippen molar-refractivity contribution >= 4 is 17.9 Å². The van der Waals surface area contributed by atoms with E-state index in [1.807, 2.05) is 50.3 Å². The minimum atomic E-state index is -0.0744. The van der Waals surface area contributed by atoms with Crippen LogP contribution in [-0.4, -0.2) is 31.5 Å². The Morgan fingerprint density at radius 3 is 2.46 bits per heavy atom. The van der Waals surface area contributed by atoms with Crippen LogP contribution in [0.2, 0.25) is 0 Å². The van der Waals surface area contributed by atoms with Gasteiger partial charge in [-0.15, -0.1) is 0 Å². The van der Waals surface area contributed by atoms with Gasteiger partial charge < -0.3 is 16.4 Å². The van der Waals surface area contributed by atoms with E-state index in [4.69, 9.17) is 5.73 Å². The number of allylic oxidation sites excluding steroid dienone is 1. The van der Waals surface area contributed by atoms with Crippen LogP contribution < -0.4 is 16.4 Å². The maximum absolute atomic E-state index is 11.7. The molecule has 24 heavy (non-hydrogen) atoms. The quantitative estimate of drug-likeness (QED) is 0.214. The summed E-state index contributed by atoms with van der Waals surface area (Å²) in [6.45, 7) is 6.06. The van der Waals surface area contributed by atoms with Gasteiger partial charge in [-0.3, -0.25) is 4.79 Å². The molecule has 0 aliphatic heterocycles. The molecule has 0 fully saturated rings. The van der Waals surface area contributed by atoms with E-state index in [1.54, 1.807) is 12.2 Å². The van der Waals surface area contributed by atoms with E-state index in [0.29, 0.717) is 19.0 Å². The van der Waals surface area contributed by atoms with Crippen LogP contribution in [0.5, 0.6) is 0 Å².